The molecule has 12 nitrogen and oxygen atoms in total. The number of unbranched alkanes of at least 4 members (excludes halogenated alkanes) is 2. The van der Waals surface area contributed by atoms with Crippen LogP contribution in [0.25, 0.3) is 11.0 Å². The molecule has 7 rings (SSSR count). The highest BCUT2D eigenvalue weighted by Crippen LogP contribution is 2.38. The first kappa shape index (κ1) is 46.7. The molecule has 0 aliphatic carbocycles. The monoisotopic (exact) mass is 894 g/mol. The van der Waals surface area contributed by atoms with E-state index in [1.807, 2.05) is 54.3 Å². The number of piperazine rings is 1. The van der Waals surface area contributed by atoms with Crippen LogP contribution in [-0.2, 0) is 15.8 Å². The minimum atomic E-state index is -2.84. The molecule has 2 heterocycles. The lowest BCUT2D eigenvalue weighted by molar-refractivity contribution is -0.132. The maximum Gasteiger partial charge on any atom is 0.261 e. The van der Waals surface area contributed by atoms with Gasteiger partial charge in [-0.25, -0.2) is 4.98 Å². The molecule has 1 aliphatic rings. The Morgan fingerprint density at radius 3 is 2.17 bits per heavy atom. The Balaban J connectivity index is 1.01. The molecule has 5 aromatic carbocycles. The third-order valence-electron chi connectivity index (χ3n) is 12.3. The predicted molar refractivity (Wildman–Crippen MR) is 261 cm³/mol. The van der Waals surface area contributed by atoms with Gasteiger partial charge in [-0.05, 0) is 96.7 Å². The first-order chi connectivity index (χ1) is 31.3. The summed E-state index contributed by atoms with van der Waals surface area (Å²) in [5.74, 6) is 1.13. The maximum absolute atomic E-state index is 14.0. The zero-order chi connectivity index (χ0) is 46.1. The maximum atomic E-state index is 14.0. The Morgan fingerprint density at radius 2 is 1.51 bits per heavy atom. The van der Waals surface area contributed by atoms with E-state index in [-0.39, 0.29) is 29.4 Å². The molecular weight excluding hydrogens is 833 g/mol. The number of ether oxygens (including phenoxy) is 2. The van der Waals surface area contributed by atoms with Crippen molar-refractivity contribution in [1.29, 1.82) is 0 Å². The fraction of sp³-hybridized carbons (Fsp3) is 0.346. The fourth-order valence-corrected chi connectivity index (χ4v) is 13.2. The molecule has 0 spiro atoms. The van der Waals surface area contributed by atoms with Gasteiger partial charge in [-0.2, -0.15) is 0 Å². The SMILES string of the molecule is COc1cc(C(=O)N(C)c2ccc(C)cc2OCCCCCC(=O)N2CCN(C)CC2)ccc1NC(=O)c1cccc2[nH]c(CO[Si](c3ccccc3)(c3ccccc3)C(C)(C)C)nc12. The number of anilines is 2. The molecule has 65 heavy (non-hydrogen) atoms. The molecule has 0 atom stereocenters. The summed E-state index contributed by atoms with van der Waals surface area (Å²) in [6, 6.07) is 37.1. The molecule has 0 radical (unpaired) electrons. The van der Waals surface area contributed by atoms with E-state index in [9.17, 15) is 14.4 Å². The molecule has 1 saturated heterocycles. The minimum Gasteiger partial charge on any atom is -0.495 e. The highest BCUT2D eigenvalue weighted by atomic mass is 28.4. The van der Waals surface area contributed by atoms with Crippen LogP contribution in [0.5, 0.6) is 11.5 Å². The van der Waals surface area contributed by atoms with E-state index in [4.69, 9.17) is 18.9 Å². The van der Waals surface area contributed by atoms with Crippen LogP contribution >= 0.6 is 0 Å². The topological polar surface area (TPSA) is 129 Å². The summed E-state index contributed by atoms with van der Waals surface area (Å²) in [5.41, 5.74) is 4.03. The first-order valence-corrected chi connectivity index (χ1v) is 24.4. The van der Waals surface area contributed by atoms with Gasteiger partial charge in [-0.15, -0.1) is 0 Å². The van der Waals surface area contributed by atoms with E-state index >= 15 is 0 Å². The molecule has 0 saturated carbocycles. The number of likely N-dealkylation sites (N-methyl/N-ethyl adjacent to an activating group) is 1. The third-order valence-corrected chi connectivity index (χ3v) is 17.3. The molecule has 1 aromatic heterocycles. The van der Waals surface area contributed by atoms with Gasteiger partial charge in [0.05, 0.1) is 42.8 Å². The number of para-hydroxylation sites is 1. The number of carbonyl (C=O) groups excluding carboxylic acids is 3. The van der Waals surface area contributed by atoms with E-state index in [2.05, 4.69) is 91.6 Å². The van der Waals surface area contributed by atoms with E-state index in [1.54, 1.807) is 36.2 Å². The quantitative estimate of drug-likeness (QED) is 0.0693. The zero-order valence-electron chi connectivity index (χ0n) is 38.8. The van der Waals surface area contributed by atoms with Crippen molar-refractivity contribution in [3.63, 3.8) is 0 Å². The number of benzene rings is 5. The molecule has 2 N–H and O–H groups in total. The van der Waals surface area contributed by atoms with Crippen molar-refractivity contribution in [1.82, 2.24) is 19.8 Å². The number of methoxy groups -OCH3 is 1. The average Bonchev–Trinajstić information content (AvgIpc) is 3.74. The lowest BCUT2D eigenvalue weighted by Crippen LogP contribution is -2.66. The van der Waals surface area contributed by atoms with Crippen LogP contribution < -0.4 is 30.1 Å². The molecule has 340 valence electrons. The summed E-state index contributed by atoms with van der Waals surface area (Å²) in [6.45, 7) is 12.8. The number of aromatic nitrogens is 2. The fourth-order valence-electron chi connectivity index (χ4n) is 8.66. The molecular formula is C52H62N6O6Si. The van der Waals surface area contributed by atoms with Crippen LogP contribution in [-0.4, -0.2) is 99.8 Å². The van der Waals surface area contributed by atoms with Gasteiger partial charge in [0.1, 0.15) is 22.8 Å². The number of fused-ring (bicyclic) bond motifs is 1. The van der Waals surface area contributed by atoms with Crippen LogP contribution in [0, 0.1) is 6.92 Å². The number of imidazole rings is 1. The van der Waals surface area contributed by atoms with Gasteiger partial charge in [0.2, 0.25) is 5.91 Å². The van der Waals surface area contributed by atoms with Crippen LogP contribution in [0.2, 0.25) is 5.04 Å². The highest BCUT2D eigenvalue weighted by Gasteiger charge is 2.50. The second-order valence-corrected chi connectivity index (χ2v) is 22.2. The number of carbonyl (C=O) groups is 3. The lowest BCUT2D eigenvalue weighted by atomic mass is 10.1. The average molecular weight is 895 g/mol. The van der Waals surface area contributed by atoms with Crippen LogP contribution in [0.15, 0.2) is 115 Å². The largest absolute Gasteiger partial charge is 0.495 e. The molecule has 6 aromatic rings. The standard InChI is InChI=1S/C52H62N6O6Si/c1-37-25-28-44(46(34-37)63-33-16-10-15-24-48(59)58-31-29-56(5)30-32-58)57(6)51(61)38-26-27-42(45(35-38)62-7)54-50(60)41-22-17-23-43-49(41)55-47(53-43)36-64-65(52(2,3)4,39-18-11-8-12-19-39)40-20-13-9-14-21-40/h8-9,11-14,17-23,25-28,34-35H,10,15-16,24,29-33,36H2,1-7H3,(H,53,55)(H,54,60). The number of hydrogen-bond donors (Lipinski definition) is 2. The van der Waals surface area contributed by atoms with Gasteiger partial charge in [0.25, 0.3) is 20.1 Å². The van der Waals surface area contributed by atoms with E-state index in [1.165, 1.54) is 17.5 Å². The normalized spacial score (nSPS) is 13.4. The second-order valence-electron chi connectivity index (χ2n) is 17.9. The zero-order valence-corrected chi connectivity index (χ0v) is 39.8. The summed E-state index contributed by atoms with van der Waals surface area (Å²) >= 11 is 0. The number of hydrogen-bond acceptors (Lipinski definition) is 8. The van der Waals surface area contributed by atoms with Crippen LogP contribution in [0.3, 0.4) is 0 Å². The number of nitrogens with zero attached hydrogens (tertiary/aromatic N) is 4. The third kappa shape index (κ3) is 10.6. The number of H-pyrrole nitrogens is 1. The number of amides is 3. The number of nitrogens with one attached hydrogen (secondary N) is 2. The molecule has 3 amide bonds. The predicted octanol–water partition coefficient (Wildman–Crippen LogP) is 8.20. The van der Waals surface area contributed by atoms with Crippen molar-refractivity contribution in [3.8, 4) is 11.5 Å². The number of rotatable bonds is 17. The summed E-state index contributed by atoms with van der Waals surface area (Å²) in [6.07, 6.45) is 3.02. The number of aromatic amines is 1. The Hall–Kier alpha value is -6.28. The van der Waals surface area contributed by atoms with E-state index in [0.29, 0.717) is 63.9 Å². The van der Waals surface area contributed by atoms with Crippen molar-refractivity contribution in [2.24, 2.45) is 0 Å². The van der Waals surface area contributed by atoms with Gasteiger partial charge in [-0.1, -0.05) is 93.6 Å². The van der Waals surface area contributed by atoms with Gasteiger partial charge >= 0.3 is 0 Å². The molecule has 0 bridgehead atoms. The minimum absolute atomic E-state index is 0.214. The van der Waals surface area contributed by atoms with E-state index < -0.39 is 8.32 Å². The molecule has 1 fully saturated rings. The Kier molecular flexibility index (Phi) is 14.9. The molecule has 0 unspecified atom stereocenters. The molecule has 13 heteroatoms. The summed E-state index contributed by atoms with van der Waals surface area (Å²) in [4.78, 5) is 54.7. The van der Waals surface area contributed by atoms with Gasteiger partial charge in [0.15, 0.2) is 0 Å². The van der Waals surface area contributed by atoms with E-state index in [0.717, 1.165) is 51.0 Å². The van der Waals surface area contributed by atoms with Gasteiger partial charge < -0.3 is 38.9 Å². The first-order valence-electron chi connectivity index (χ1n) is 22.5. The summed E-state index contributed by atoms with van der Waals surface area (Å²) in [7, 11) is 2.46. The van der Waals surface area contributed by atoms with Crippen molar-refractivity contribution >= 4 is 58.8 Å². The summed E-state index contributed by atoms with van der Waals surface area (Å²) in [5, 5.41) is 5.12. The van der Waals surface area contributed by atoms with Crippen molar-refractivity contribution in [2.45, 2.75) is 65.0 Å². The Morgan fingerprint density at radius 1 is 0.815 bits per heavy atom. The van der Waals surface area contributed by atoms with Gasteiger partial charge in [-0.3, -0.25) is 14.4 Å². The highest BCUT2D eigenvalue weighted by molar-refractivity contribution is 6.99. The van der Waals surface area contributed by atoms with Gasteiger partial charge in [0, 0.05) is 45.2 Å². The Bertz CT molecular complexity index is 2550. The smallest absolute Gasteiger partial charge is 0.261 e. The second kappa shape index (κ2) is 20.7. The van der Waals surface area contributed by atoms with Crippen LogP contribution in [0.4, 0.5) is 11.4 Å². The summed E-state index contributed by atoms with van der Waals surface area (Å²) < 4.78 is 19.1. The molecule has 1 aliphatic heterocycles. The van der Waals surface area contributed by atoms with Crippen molar-refractivity contribution in [3.05, 3.63) is 138 Å². The number of aryl methyl sites for hydroxylation is 1. The lowest BCUT2D eigenvalue weighted by Gasteiger charge is -2.42. The van der Waals surface area contributed by atoms with Crippen LogP contribution in [0.1, 0.15) is 78.6 Å². The Labute approximate surface area is 384 Å². The van der Waals surface area contributed by atoms with Crippen molar-refractivity contribution < 1.29 is 28.3 Å². The van der Waals surface area contributed by atoms with Crippen molar-refractivity contribution in [2.75, 3.05) is 64.2 Å².